The minimum absolute atomic E-state index is 0.329. The maximum absolute atomic E-state index is 11.7. The highest BCUT2D eigenvalue weighted by atomic mass is 16.1. The maximum atomic E-state index is 11.7. The monoisotopic (exact) mass is 180 g/mol. The molecule has 3 unspecified atom stereocenters. The van der Waals surface area contributed by atoms with Crippen molar-refractivity contribution in [1.29, 1.82) is 0 Å². The molecule has 2 saturated carbocycles. The lowest BCUT2D eigenvalue weighted by atomic mass is 9.67. The first kappa shape index (κ1) is 9.23. The quantitative estimate of drug-likeness (QED) is 0.560. The zero-order chi connectivity index (χ0) is 9.64. The van der Waals surface area contributed by atoms with Gasteiger partial charge in [-0.1, -0.05) is 20.8 Å². The predicted octanol–water partition coefficient (Wildman–Crippen LogP) is 3.04. The highest BCUT2D eigenvalue weighted by Crippen LogP contribution is 2.49. The molecule has 2 aliphatic carbocycles. The van der Waals surface area contributed by atoms with Gasteiger partial charge < -0.3 is 0 Å². The first-order chi connectivity index (χ1) is 5.98. The minimum atomic E-state index is 0.329. The highest BCUT2D eigenvalue weighted by molar-refractivity contribution is 5.84. The second-order valence-electron chi connectivity index (χ2n) is 5.93. The van der Waals surface area contributed by atoms with Gasteiger partial charge in [0.2, 0.25) is 0 Å². The van der Waals surface area contributed by atoms with Gasteiger partial charge >= 0.3 is 0 Å². The third-order valence-corrected chi connectivity index (χ3v) is 3.97. The number of rotatable bonds is 0. The molecule has 0 heterocycles. The van der Waals surface area contributed by atoms with Crippen LogP contribution in [0.2, 0.25) is 0 Å². The number of Topliss-reactive ketones (excluding diaryl/α,β-unsaturated/α-hetero) is 1. The summed E-state index contributed by atoms with van der Waals surface area (Å²) in [7, 11) is 0. The van der Waals surface area contributed by atoms with Crippen molar-refractivity contribution in [3.63, 3.8) is 0 Å². The van der Waals surface area contributed by atoms with Gasteiger partial charge in [-0.25, -0.2) is 0 Å². The lowest BCUT2D eigenvalue weighted by molar-refractivity contribution is -0.123. The molecule has 0 saturated heterocycles. The molecular formula is C12H20O. The second kappa shape index (κ2) is 2.83. The summed E-state index contributed by atoms with van der Waals surface area (Å²) in [4.78, 5) is 11.7. The molecule has 2 rings (SSSR count). The fourth-order valence-electron chi connectivity index (χ4n) is 3.27. The van der Waals surface area contributed by atoms with Gasteiger partial charge in [0.1, 0.15) is 5.78 Å². The molecule has 2 fully saturated rings. The molecule has 0 aromatic carbocycles. The topological polar surface area (TPSA) is 17.1 Å². The van der Waals surface area contributed by atoms with Crippen LogP contribution in [0.5, 0.6) is 0 Å². The van der Waals surface area contributed by atoms with Gasteiger partial charge in [0.25, 0.3) is 0 Å². The van der Waals surface area contributed by atoms with Crippen LogP contribution < -0.4 is 0 Å². The summed E-state index contributed by atoms with van der Waals surface area (Å²) in [5, 5.41) is 0. The third kappa shape index (κ3) is 1.53. The minimum Gasteiger partial charge on any atom is -0.299 e. The Balaban J connectivity index is 2.18. The summed E-state index contributed by atoms with van der Waals surface area (Å²) >= 11 is 0. The molecule has 74 valence electrons. The van der Waals surface area contributed by atoms with Crippen molar-refractivity contribution < 1.29 is 4.79 Å². The Bertz CT molecular complexity index is 224. The van der Waals surface area contributed by atoms with Crippen LogP contribution in [0.3, 0.4) is 0 Å². The van der Waals surface area contributed by atoms with E-state index in [9.17, 15) is 4.79 Å². The van der Waals surface area contributed by atoms with Crippen LogP contribution in [0, 0.1) is 23.2 Å². The van der Waals surface area contributed by atoms with Crippen LogP contribution in [0.25, 0.3) is 0 Å². The van der Waals surface area contributed by atoms with E-state index in [-0.39, 0.29) is 0 Å². The third-order valence-electron chi connectivity index (χ3n) is 3.97. The predicted molar refractivity (Wildman–Crippen MR) is 53.4 cm³/mol. The van der Waals surface area contributed by atoms with Gasteiger partial charge in [-0.05, 0) is 36.5 Å². The van der Waals surface area contributed by atoms with Crippen LogP contribution in [0.15, 0.2) is 0 Å². The van der Waals surface area contributed by atoms with Crippen LogP contribution >= 0.6 is 0 Å². The van der Waals surface area contributed by atoms with Gasteiger partial charge in [0.15, 0.2) is 0 Å². The van der Waals surface area contributed by atoms with Crippen LogP contribution in [-0.4, -0.2) is 5.78 Å². The molecule has 1 heteroatoms. The lowest BCUT2D eigenvalue weighted by Crippen LogP contribution is -2.32. The number of hydrogen-bond acceptors (Lipinski definition) is 1. The van der Waals surface area contributed by atoms with Crippen LogP contribution in [-0.2, 0) is 4.79 Å². The van der Waals surface area contributed by atoms with Crippen molar-refractivity contribution in [3.8, 4) is 0 Å². The van der Waals surface area contributed by atoms with E-state index in [0.29, 0.717) is 23.0 Å². The normalized spacial score (nSPS) is 39.6. The van der Waals surface area contributed by atoms with Crippen LogP contribution in [0.4, 0.5) is 0 Å². The van der Waals surface area contributed by atoms with E-state index in [0.717, 1.165) is 12.3 Å². The molecule has 0 aromatic heterocycles. The van der Waals surface area contributed by atoms with Crippen molar-refractivity contribution in [3.05, 3.63) is 0 Å². The number of carbonyl (C=O) groups excluding carboxylic acids is 1. The smallest absolute Gasteiger partial charge is 0.136 e. The summed E-state index contributed by atoms with van der Waals surface area (Å²) in [5.41, 5.74) is 0.329. The van der Waals surface area contributed by atoms with Gasteiger partial charge in [-0.2, -0.15) is 0 Å². The van der Waals surface area contributed by atoms with Crippen molar-refractivity contribution in [2.75, 3.05) is 0 Å². The van der Waals surface area contributed by atoms with Crippen molar-refractivity contribution in [2.45, 2.75) is 46.5 Å². The Hall–Kier alpha value is -0.330. The molecule has 0 radical (unpaired) electrons. The standard InChI is InChI=1S/C12H20O/c1-12(2,3)10-5-4-8-6-9(10)11(13)7-8/h8-10H,4-7H2,1-3H3. The molecule has 0 amide bonds. The number of fused-ring (bicyclic) bond motifs is 2. The Kier molecular flexibility index (Phi) is 2.01. The Labute approximate surface area is 80.9 Å². The van der Waals surface area contributed by atoms with Crippen molar-refractivity contribution in [1.82, 2.24) is 0 Å². The first-order valence-electron chi connectivity index (χ1n) is 5.51. The van der Waals surface area contributed by atoms with Crippen LogP contribution in [0.1, 0.15) is 46.5 Å². The number of ketones is 1. The fourth-order valence-corrected chi connectivity index (χ4v) is 3.27. The Morgan fingerprint density at radius 2 is 1.92 bits per heavy atom. The molecular weight excluding hydrogens is 160 g/mol. The summed E-state index contributed by atoms with van der Waals surface area (Å²) in [6.45, 7) is 6.84. The number of carbonyl (C=O) groups is 1. The van der Waals surface area contributed by atoms with Gasteiger partial charge in [0.05, 0.1) is 0 Å². The fraction of sp³-hybridized carbons (Fsp3) is 0.917. The Morgan fingerprint density at radius 3 is 2.54 bits per heavy atom. The lowest BCUT2D eigenvalue weighted by Gasteiger charge is -2.37. The zero-order valence-corrected chi connectivity index (χ0v) is 8.97. The average molecular weight is 180 g/mol. The molecule has 0 aliphatic heterocycles. The molecule has 0 N–H and O–H groups in total. The summed E-state index contributed by atoms with van der Waals surface area (Å²) in [6, 6.07) is 0. The molecule has 0 aromatic rings. The summed E-state index contributed by atoms with van der Waals surface area (Å²) < 4.78 is 0. The van der Waals surface area contributed by atoms with E-state index in [4.69, 9.17) is 0 Å². The van der Waals surface area contributed by atoms with E-state index >= 15 is 0 Å². The molecule has 1 nitrogen and oxygen atoms in total. The zero-order valence-electron chi connectivity index (χ0n) is 8.97. The first-order valence-corrected chi connectivity index (χ1v) is 5.51. The molecule has 0 spiro atoms. The molecule has 2 aliphatic rings. The van der Waals surface area contributed by atoms with Crippen molar-refractivity contribution >= 4 is 5.78 Å². The van der Waals surface area contributed by atoms with Crippen molar-refractivity contribution in [2.24, 2.45) is 23.2 Å². The largest absolute Gasteiger partial charge is 0.299 e. The van der Waals surface area contributed by atoms with E-state index < -0.39 is 0 Å². The van der Waals surface area contributed by atoms with E-state index in [1.807, 2.05) is 0 Å². The maximum Gasteiger partial charge on any atom is 0.136 e. The summed E-state index contributed by atoms with van der Waals surface area (Å²) in [5.74, 6) is 2.37. The molecule has 13 heavy (non-hydrogen) atoms. The van der Waals surface area contributed by atoms with Gasteiger partial charge in [-0.3, -0.25) is 4.79 Å². The van der Waals surface area contributed by atoms with Gasteiger partial charge in [-0.15, -0.1) is 0 Å². The second-order valence-corrected chi connectivity index (χ2v) is 5.93. The average Bonchev–Trinajstić information content (AvgIpc) is 2.26. The van der Waals surface area contributed by atoms with Gasteiger partial charge in [0, 0.05) is 12.3 Å². The molecule has 2 bridgehead atoms. The van der Waals surface area contributed by atoms with E-state index in [1.165, 1.54) is 19.3 Å². The highest BCUT2D eigenvalue weighted by Gasteiger charge is 2.45. The summed E-state index contributed by atoms with van der Waals surface area (Å²) in [6.07, 6.45) is 4.66. The van der Waals surface area contributed by atoms with E-state index in [1.54, 1.807) is 0 Å². The number of hydrogen-bond donors (Lipinski definition) is 0. The molecule has 3 atom stereocenters. The van der Waals surface area contributed by atoms with E-state index in [2.05, 4.69) is 20.8 Å². The SMILES string of the molecule is CC(C)(C)C1CCC2CC(=O)C1C2. The Morgan fingerprint density at radius 1 is 1.23 bits per heavy atom.